The summed E-state index contributed by atoms with van der Waals surface area (Å²) < 4.78 is 32.0. The molecular formula is C37H49FN2O5. The van der Waals surface area contributed by atoms with Crippen LogP contribution in [0.15, 0.2) is 66.7 Å². The highest BCUT2D eigenvalue weighted by molar-refractivity contribution is 5.98. The molecule has 0 aromatic heterocycles. The number of ether oxygens (including phenoxy) is 3. The van der Waals surface area contributed by atoms with Crippen molar-refractivity contribution in [2.24, 2.45) is 0 Å². The van der Waals surface area contributed by atoms with Crippen LogP contribution in [0.2, 0.25) is 0 Å². The molecule has 7 nitrogen and oxygen atoms in total. The summed E-state index contributed by atoms with van der Waals surface area (Å²) in [6.45, 7) is 12.5. The maximum atomic E-state index is 15.1. The van der Waals surface area contributed by atoms with Crippen molar-refractivity contribution in [3.05, 3.63) is 89.2 Å². The van der Waals surface area contributed by atoms with Crippen LogP contribution in [0.1, 0.15) is 75.9 Å². The van der Waals surface area contributed by atoms with Crippen LogP contribution in [0.3, 0.4) is 0 Å². The number of nitrogens with one attached hydrogen (secondary N) is 1. The first-order valence-corrected chi connectivity index (χ1v) is 15.8. The van der Waals surface area contributed by atoms with Crippen LogP contribution in [0.25, 0.3) is 11.1 Å². The highest BCUT2D eigenvalue weighted by Crippen LogP contribution is 2.36. The van der Waals surface area contributed by atoms with E-state index in [-0.39, 0.29) is 30.4 Å². The second-order valence-electron chi connectivity index (χ2n) is 12.5. The Morgan fingerprint density at radius 3 is 2.27 bits per heavy atom. The Labute approximate surface area is 268 Å². The molecule has 3 rings (SSSR count). The van der Waals surface area contributed by atoms with Crippen molar-refractivity contribution >= 4 is 12.0 Å². The molecule has 244 valence electrons. The lowest BCUT2D eigenvalue weighted by atomic mass is 9.93. The van der Waals surface area contributed by atoms with E-state index < -0.39 is 11.7 Å². The Bertz CT molecular complexity index is 1390. The van der Waals surface area contributed by atoms with Gasteiger partial charge in [-0.3, -0.25) is 4.79 Å². The first kappa shape index (κ1) is 35.6. The highest BCUT2D eigenvalue weighted by Gasteiger charge is 2.31. The number of alkyl carbamates (subject to hydrolysis) is 1. The zero-order valence-corrected chi connectivity index (χ0v) is 27.8. The lowest BCUT2D eigenvalue weighted by molar-refractivity contribution is 0.0463. The van der Waals surface area contributed by atoms with E-state index in [9.17, 15) is 9.59 Å². The quantitative estimate of drug-likeness (QED) is 0.175. The van der Waals surface area contributed by atoms with Gasteiger partial charge in [-0.1, -0.05) is 61.9 Å². The summed E-state index contributed by atoms with van der Waals surface area (Å²) in [4.78, 5) is 29.2. The van der Waals surface area contributed by atoms with Crippen molar-refractivity contribution in [3.8, 4) is 16.9 Å². The molecule has 1 N–H and O–H groups in total. The van der Waals surface area contributed by atoms with Crippen LogP contribution < -0.4 is 10.1 Å². The van der Waals surface area contributed by atoms with Crippen LogP contribution in [0.5, 0.6) is 5.75 Å². The molecule has 0 radical (unpaired) electrons. The van der Waals surface area contributed by atoms with Gasteiger partial charge in [0.05, 0.1) is 12.6 Å². The minimum atomic E-state index is -0.652. The Balaban J connectivity index is 2.09. The van der Waals surface area contributed by atoms with Crippen molar-refractivity contribution in [1.29, 1.82) is 0 Å². The second-order valence-corrected chi connectivity index (χ2v) is 12.5. The molecule has 0 bridgehead atoms. The van der Waals surface area contributed by atoms with Crippen molar-refractivity contribution in [2.45, 2.75) is 84.9 Å². The minimum absolute atomic E-state index is 0.179. The Kier molecular flexibility index (Phi) is 13.4. The van der Waals surface area contributed by atoms with Gasteiger partial charge in [0.15, 0.2) is 0 Å². The normalized spacial score (nSPS) is 12.1. The van der Waals surface area contributed by atoms with Crippen LogP contribution in [0.4, 0.5) is 9.18 Å². The number of hydrogen-bond acceptors (Lipinski definition) is 5. The van der Waals surface area contributed by atoms with Crippen LogP contribution in [-0.4, -0.2) is 61.5 Å². The molecule has 0 unspecified atom stereocenters. The first-order chi connectivity index (χ1) is 21.4. The topological polar surface area (TPSA) is 77.1 Å². The fourth-order valence-electron chi connectivity index (χ4n) is 5.33. The fraction of sp³-hybridized carbons (Fsp3) is 0.459. The Hall–Kier alpha value is -3.91. The third-order valence-electron chi connectivity index (χ3n) is 7.25. The van der Waals surface area contributed by atoms with Crippen molar-refractivity contribution < 1.29 is 28.2 Å². The predicted molar refractivity (Wildman–Crippen MR) is 177 cm³/mol. The van der Waals surface area contributed by atoms with Gasteiger partial charge in [-0.15, -0.1) is 0 Å². The standard InChI is InChI=1S/C37H49FN2O5/c1-8-15-28-23-32(30-18-12-13-19-33(30)38)34(44-21-14-20-43-7)24-31(28)35(41)40(26(2)3)29(22-27-16-10-9-11-17-27)25-39-36(42)45-37(4,5)6/h9-13,16-19,23-24,26,29H,8,14-15,20-22,25H2,1-7H3,(H,39,42)/t29-/m1/s1. The van der Waals surface area contributed by atoms with E-state index in [0.29, 0.717) is 54.9 Å². The molecule has 0 aliphatic rings. The molecule has 0 saturated heterocycles. The van der Waals surface area contributed by atoms with E-state index in [1.807, 2.05) is 75.9 Å². The average Bonchev–Trinajstić information content (AvgIpc) is 2.98. The Morgan fingerprint density at radius 1 is 0.956 bits per heavy atom. The summed E-state index contributed by atoms with van der Waals surface area (Å²) in [6, 6.07) is 19.6. The largest absolute Gasteiger partial charge is 0.493 e. The summed E-state index contributed by atoms with van der Waals surface area (Å²) in [5.74, 6) is -0.0995. The lowest BCUT2D eigenvalue weighted by Gasteiger charge is -2.36. The van der Waals surface area contributed by atoms with Gasteiger partial charge in [0, 0.05) is 49.4 Å². The number of aryl methyl sites for hydroxylation is 1. The number of hydrogen-bond donors (Lipinski definition) is 1. The molecule has 0 fully saturated rings. The van der Waals surface area contributed by atoms with Gasteiger partial charge in [-0.2, -0.15) is 0 Å². The summed E-state index contributed by atoms with van der Waals surface area (Å²) in [5, 5.41) is 2.90. The van der Waals surface area contributed by atoms with Gasteiger partial charge in [0.25, 0.3) is 5.91 Å². The van der Waals surface area contributed by atoms with Crippen LogP contribution in [-0.2, 0) is 22.3 Å². The lowest BCUT2D eigenvalue weighted by Crippen LogP contribution is -2.51. The van der Waals surface area contributed by atoms with E-state index in [0.717, 1.165) is 17.5 Å². The maximum absolute atomic E-state index is 15.1. The molecule has 2 amide bonds. The smallest absolute Gasteiger partial charge is 0.407 e. The third kappa shape index (κ3) is 10.6. The number of methoxy groups -OCH3 is 1. The predicted octanol–water partition coefficient (Wildman–Crippen LogP) is 7.85. The van der Waals surface area contributed by atoms with E-state index in [1.165, 1.54) is 6.07 Å². The van der Waals surface area contributed by atoms with Gasteiger partial charge in [-0.25, -0.2) is 9.18 Å². The monoisotopic (exact) mass is 620 g/mol. The first-order valence-electron chi connectivity index (χ1n) is 15.8. The number of amides is 2. The zero-order valence-electron chi connectivity index (χ0n) is 27.8. The van der Waals surface area contributed by atoms with E-state index in [2.05, 4.69) is 12.2 Å². The van der Waals surface area contributed by atoms with Crippen molar-refractivity contribution in [1.82, 2.24) is 10.2 Å². The van der Waals surface area contributed by atoms with Gasteiger partial charge in [0.1, 0.15) is 17.2 Å². The molecule has 1 atom stereocenters. The van der Waals surface area contributed by atoms with Gasteiger partial charge in [0.2, 0.25) is 0 Å². The van der Waals surface area contributed by atoms with E-state index in [4.69, 9.17) is 14.2 Å². The Morgan fingerprint density at radius 2 is 1.64 bits per heavy atom. The molecular weight excluding hydrogens is 571 g/mol. The van der Waals surface area contributed by atoms with Crippen LogP contribution >= 0.6 is 0 Å². The number of nitrogens with zero attached hydrogens (tertiary/aromatic N) is 1. The van der Waals surface area contributed by atoms with Gasteiger partial charge >= 0.3 is 6.09 Å². The minimum Gasteiger partial charge on any atom is -0.493 e. The number of carbonyl (C=O) groups is 2. The molecule has 8 heteroatoms. The summed E-state index contributed by atoms with van der Waals surface area (Å²) in [7, 11) is 1.63. The summed E-state index contributed by atoms with van der Waals surface area (Å²) in [6.07, 6.45) is 2.04. The van der Waals surface area contributed by atoms with Crippen LogP contribution in [0, 0.1) is 5.82 Å². The summed E-state index contributed by atoms with van der Waals surface area (Å²) in [5.41, 5.74) is 2.73. The molecule has 3 aromatic carbocycles. The molecule has 45 heavy (non-hydrogen) atoms. The molecule has 0 heterocycles. The number of rotatable bonds is 15. The summed E-state index contributed by atoms with van der Waals surface area (Å²) >= 11 is 0. The average molecular weight is 621 g/mol. The number of halogens is 1. The van der Waals surface area contributed by atoms with Gasteiger partial charge < -0.3 is 24.4 Å². The fourth-order valence-corrected chi connectivity index (χ4v) is 5.33. The van der Waals surface area contributed by atoms with Crippen molar-refractivity contribution in [2.75, 3.05) is 26.9 Å². The number of carbonyl (C=O) groups excluding carboxylic acids is 2. The van der Waals surface area contributed by atoms with Gasteiger partial charge in [-0.05, 0) is 76.8 Å². The third-order valence-corrected chi connectivity index (χ3v) is 7.25. The second kappa shape index (κ2) is 17.0. The molecule has 0 spiro atoms. The highest BCUT2D eigenvalue weighted by atomic mass is 19.1. The number of benzene rings is 3. The van der Waals surface area contributed by atoms with E-state index >= 15 is 4.39 Å². The molecule has 0 saturated carbocycles. The van der Waals surface area contributed by atoms with Crippen molar-refractivity contribution in [3.63, 3.8) is 0 Å². The maximum Gasteiger partial charge on any atom is 0.407 e. The molecule has 0 aliphatic carbocycles. The SMILES string of the molecule is CCCc1cc(-c2ccccc2F)c(OCCCOC)cc1C(=O)N(C(C)C)[C@@H](CNC(=O)OC(C)(C)C)Cc1ccccc1. The molecule has 3 aromatic rings. The zero-order chi connectivity index (χ0) is 33.0. The van der Waals surface area contributed by atoms with E-state index in [1.54, 1.807) is 31.4 Å². The molecule has 0 aliphatic heterocycles.